The van der Waals surface area contributed by atoms with E-state index in [1.54, 1.807) is 13.0 Å². The van der Waals surface area contributed by atoms with Crippen molar-refractivity contribution in [3.05, 3.63) is 16.6 Å². The number of hydrogen-bond donors (Lipinski definition) is 2. The van der Waals surface area contributed by atoms with Crippen molar-refractivity contribution < 1.29 is 22.8 Å². The van der Waals surface area contributed by atoms with Gasteiger partial charge in [0.15, 0.2) is 5.13 Å². The molecule has 2 unspecified atom stereocenters. The van der Waals surface area contributed by atoms with E-state index in [0.29, 0.717) is 40.7 Å². The summed E-state index contributed by atoms with van der Waals surface area (Å²) in [5.41, 5.74) is 4.67. The van der Waals surface area contributed by atoms with Crippen LogP contribution in [0.5, 0.6) is 0 Å². The number of aryl methyl sites for hydroxylation is 1. The van der Waals surface area contributed by atoms with Crippen LogP contribution in [0.1, 0.15) is 43.7 Å². The topological polar surface area (TPSA) is 101 Å². The predicted octanol–water partition coefficient (Wildman–Crippen LogP) is 3.75. The van der Waals surface area contributed by atoms with Crippen LogP contribution in [0.3, 0.4) is 0 Å². The van der Waals surface area contributed by atoms with Crippen molar-refractivity contribution in [3.8, 4) is 0 Å². The summed E-state index contributed by atoms with van der Waals surface area (Å²) in [6.07, 6.45) is 0.0232. The molecule has 0 bridgehead atoms. The number of anilines is 1. The average Bonchev–Trinajstić information content (AvgIpc) is 3.28. The lowest BCUT2D eigenvalue weighted by molar-refractivity contribution is -0.217. The minimum Gasteiger partial charge on any atom is -0.368 e. The number of rotatable bonds is 4. The van der Waals surface area contributed by atoms with Crippen molar-refractivity contribution in [3.63, 3.8) is 0 Å². The lowest BCUT2D eigenvalue weighted by atomic mass is 9.79. The summed E-state index contributed by atoms with van der Waals surface area (Å²) in [7, 11) is 0. The van der Waals surface area contributed by atoms with E-state index in [9.17, 15) is 22.8 Å². The van der Waals surface area contributed by atoms with Crippen molar-refractivity contribution in [2.45, 2.75) is 58.3 Å². The highest BCUT2D eigenvalue weighted by molar-refractivity contribution is 7.17. The van der Waals surface area contributed by atoms with Gasteiger partial charge in [-0.3, -0.25) is 15.1 Å². The second-order valence-electron chi connectivity index (χ2n) is 8.05. The lowest BCUT2D eigenvalue weighted by Crippen LogP contribution is -2.45. The molecule has 3 rings (SSSR count). The third-order valence-corrected chi connectivity index (χ3v) is 6.81. The SMILES string of the molecule is Cc1nc(NC(=O)N2CCCC2C(N)=O)sc1C1=CC=NC(C(C)(C)C(F)(F)F)C1. The van der Waals surface area contributed by atoms with E-state index in [4.69, 9.17) is 5.73 Å². The van der Waals surface area contributed by atoms with E-state index in [0.717, 1.165) is 13.8 Å². The molecule has 3 N–H and O–H groups in total. The fourth-order valence-corrected chi connectivity index (χ4v) is 4.57. The molecule has 0 spiro atoms. The standard InChI is InChI=1S/C19H24F3N5O2S/c1-10-14(11-6-7-24-13(9-11)18(2,3)19(20,21)22)30-16(25-10)26-17(29)27-8-4-5-12(27)15(23)28/h6-7,12-13H,4-5,8-9H2,1-3H3,(H2,23,28)(H,25,26,29). The summed E-state index contributed by atoms with van der Waals surface area (Å²) < 4.78 is 40.3. The zero-order valence-electron chi connectivity index (χ0n) is 16.9. The Balaban J connectivity index is 1.75. The average molecular weight is 443 g/mol. The smallest absolute Gasteiger partial charge is 0.368 e. The van der Waals surface area contributed by atoms with Gasteiger partial charge in [0.25, 0.3) is 0 Å². The van der Waals surface area contributed by atoms with E-state index < -0.39 is 35.6 Å². The molecule has 0 aliphatic carbocycles. The number of thiazole rings is 1. The summed E-state index contributed by atoms with van der Waals surface area (Å²) in [5.74, 6) is -0.552. The Morgan fingerprint density at radius 1 is 1.33 bits per heavy atom. The van der Waals surface area contributed by atoms with E-state index in [-0.39, 0.29) is 6.42 Å². The highest BCUT2D eigenvalue weighted by Crippen LogP contribution is 2.46. The van der Waals surface area contributed by atoms with Crippen LogP contribution < -0.4 is 11.1 Å². The number of nitrogens with one attached hydrogen (secondary N) is 1. The molecule has 1 aromatic heterocycles. The molecular formula is C19H24F3N5O2S. The second kappa shape index (κ2) is 8.01. The van der Waals surface area contributed by atoms with Crippen molar-refractivity contribution in [1.82, 2.24) is 9.88 Å². The Kier molecular flexibility index (Phi) is 5.94. The highest BCUT2D eigenvalue weighted by atomic mass is 32.1. The number of allylic oxidation sites excluding steroid dienone is 1. The fraction of sp³-hybridized carbons (Fsp3) is 0.579. The molecule has 164 valence electrons. The largest absolute Gasteiger partial charge is 0.396 e. The van der Waals surface area contributed by atoms with Gasteiger partial charge in [-0.2, -0.15) is 13.2 Å². The first-order valence-electron chi connectivity index (χ1n) is 9.55. The van der Waals surface area contributed by atoms with E-state index in [1.165, 1.54) is 22.5 Å². The van der Waals surface area contributed by atoms with Gasteiger partial charge < -0.3 is 10.6 Å². The number of nitrogens with two attached hydrogens (primary N) is 1. The summed E-state index contributed by atoms with van der Waals surface area (Å²) in [4.78, 5) is 34.5. The Labute approximate surface area is 176 Å². The summed E-state index contributed by atoms with van der Waals surface area (Å²) in [6, 6.07) is -2.06. The van der Waals surface area contributed by atoms with Gasteiger partial charge in [-0.1, -0.05) is 11.3 Å². The number of carbonyl (C=O) groups is 2. The number of aliphatic imine (C=N–C) groups is 1. The number of halogens is 3. The maximum absolute atomic E-state index is 13.4. The molecule has 1 aromatic rings. The second-order valence-corrected chi connectivity index (χ2v) is 9.05. The molecule has 1 fully saturated rings. The summed E-state index contributed by atoms with van der Waals surface area (Å²) in [5, 5.41) is 3.00. The number of nitrogens with zero attached hydrogens (tertiary/aromatic N) is 3. The number of hydrogen-bond acceptors (Lipinski definition) is 5. The molecule has 2 aliphatic heterocycles. The molecule has 2 atom stereocenters. The molecule has 0 saturated carbocycles. The van der Waals surface area contributed by atoms with Crippen molar-refractivity contribution in [2.24, 2.45) is 16.1 Å². The molecule has 0 radical (unpaired) electrons. The maximum atomic E-state index is 13.4. The van der Waals surface area contributed by atoms with Crippen molar-refractivity contribution in [1.29, 1.82) is 0 Å². The van der Waals surface area contributed by atoms with Gasteiger partial charge >= 0.3 is 12.2 Å². The van der Waals surface area contributed by atoms with Gasteiger partial charge in [-0.05, 0) is 51.7 Å². The van der Waals surface area contributed by atoms with Gasteiger partial charge in [-0.15, -0.1) is 0 Å². The van der Waals surface area contributed by atoms with Crippen LogP contribution in [-0.2, 0) is 4.79 Å². The lowest BCUT2D eigenvalue weighted by Gasteiger charge is -2.35. The van der Waals surface area contributed by atoms with Crippen molar-refractivity contribution in [2.75, 3.05) is 11.9 Å². The minimum atomic E-state index is -4.38. The first-order chi connectivity index (χ1) is 13.9. The molecule has 7 nitrogen and oxygen atoms in total. The number of dihydropyridines is 1. The van der Waals surface area contributed by atoms with Crippen LogP contribution in [0.2, 0.25) is 0 Å². The number of aromatic nitrogens is 1. The molecule has 11 heteroatoms. The number of urea groups is 1. The van der Waals surface area contributed by atoms with Crippen LogP contribution in [0.15, 0.2) is 11.1 Å². The van der Waals surface area contributed by atoms with Gasteiger partial charge in [0.05, 0.1) is 22.0 Å². The maximum Gasteiger partial charge on any atom is 0.396 e. The molecule has 0 aromatic carbocycles. The Bertz CT molecular complexity index is 906. The van der Waals surface area contributed by atoms with Crippen LogP contribution in [0, 0.1) is 12.3 Å². The molecule has 3 amide bonds. The summed E-state index contributed by atoms with van der Waals surface area (Å²) >= 11 is 1.19. The number of alkyl halides is 3. The van der Waals surface area contributed by atoms with Gasteiger partial charge in [0.2, 0.25) is 5.91 Å². The van der Waals surface area contributed by atoms with Crippen LogP contribution in [-0.4, -0.2) is 52.8 Å². The minimum absolute atomic E-state index is 0.120. The quantitative estimate of drug-likeness (QED) is 0.741. The monoisotopic (exact) mass is 443 g/mol. The molecule has 3 heterocycles. The van der Waals surface area contributed by atoms with Gasteiger partial charge in [0, 0.05) is 12.8 Å². The summed E-state index contributed by atoms with van der Waals surface area (Å²) in [6.45, 7) is 4.45. The van der Waals surface area contributed by atoms with Crippen LogP contribution >= 0.6 is 11.3 Å². The zero-order valence-corrected chi connectivity index (χ0v) is 17.7. The highest BCUT2D eigenvalue weighted by Gasteiger charge is 2.52. The van der Waals surface area contributed by atoms with E-state index >= 15 is 0 Å². The molecule has 1 saturated heterocycles. The van der Waals surface area contributed by atoms with Crippen LogP contribution in [0.4, 0.5) is 23.1 Å². The number of amides is 3. The molecule has 2 aliphatic rings. The fourth-order valence-electron chi connectivity index (χ4n) is 3.58. The Hall–Kier alpha value is -2.43. The number of primary amides is 1. The first kappa shape index (κ1) is 22.3. The number of carbonyl (C=O) groups excluding carboxylic acids is 2. The Morgan fingerprint density at radius 2 is 2.03 bits per heavy atom. The van der Waals surface area contributed by atoms with Gasteiger partial charge in [-0.25, -0.2) is 9.78 Å². The van der Waals surface area contributed by atoms with Gasteiger partial charge in [0.1, 0.15) is 6.04 Å². The Morgan fingerprint density at radius 3 is 2.67 bits per heavy atom. The van der Waals surface area contributed by atoms with Crippen LogP contribution in [0.25, 0.3) is 5.57 Å². The third kappa shape index (κ3) is 4.21. The normalized spacial score (nSPS) is 22.2. The first-order valence-corrected chi connectivity index (χ1v) is 10.4. The van der Waals surface area contributed by atoms with E-state index in [2.05, 4.69) is 15.3 Å². The number of likely N-dealkylation sites (tertiary alicyclic amines) is 1. The third-order valence-electron chi connectivity index (χ3n) is 5.66. The van der Waals surface area contributed by atoms with E-state index in [1.807, 2.05) is 0 Å². The zero-order chi connectivity index (χ0) is 22.3. The molecular weight excluding hydrogens is 419 g/mol. The van der Waals surface area contributed by atoms with Crippen molar-refractivity contribution >= 4 is 40.2 Å². The molecule has 30 heavy (non-hydrogen) atoms. The predicted molar refractivity (Wildman–Crippen MR) is 110 cm³/mol.